The van der Waals surface area contributed by atoms with Gasteiger partial charge in [-0.05, 0) is 35.2 Å². The molecule has 0 aliphatic carbocycles. The summed E-state index contributed by atoms with van der Waals surface area (Å²) in [4.78, 5) is 17.3. The molecule has 0 unspecified atom stereocenters. The number of carbonyl (C=O) groups excluding carboxylic acids is 1. The van der Waals surface area contributed by atoms with Crippen LogP contribution in [-0.4, -0.2) is 25.7 Å². The Hall–Kier alpha value is -3.80. The number of Topliss-reactive ketones (excluding diaryl/α,β-unsaturated/α-hetero) is 1. The Bertz CT molecular complexity index is 1330. The van der Waals surface area contributed by atoms with Crippen LogP contribution in [0.1, 0.15) is 16.1 Å². The lowest BCUT2D eigenvalue weighted by atomic mass is 10.0. The number of nitrogens with zero attached hydrogens (tertiary/aromatic N) is 4. The summed E-state index contributed by atoms with van der Waals surface area (Å²) < 4.78 is 7.02. The summed E-state index contributed by atoms with van der Waals surface area (Å²) in [6.07, 6.45) is 7.43. The number of hydrogen-bond acceptors (Lipinski definition) is 5. The van der Waals surface area contributed by atoms with Crippen LogP contribution in [0.5, 0.6) is 0 Å². The molecule has 0 amide bonds. The van der Waals surface area contributed by atoms with Crippen LogP contribution in [-0.2, 0) is 13.5 Å². The lowest BCUT2D eigenvalue weighted by molar-refractivity contribution is 0.0992. The number of para-hydroxylation sites is 1. The maximum atomic E-state index is 12.8. The smallest absolute Gasteiger partial charge is 0.177 e. The van der Waals surface area contributed by atoms with Gasteiger partial charge in [-0.1, -0.05) is 23.4 Å². The number of pyridine rings is 1. The molecular weight excluding hydrogens is 352 g/mol. The first-order valence-corrected chi connectivity index (χ1v) is 8.92. The van der Waals surface area contributed by atoms with Gasteiger partial charge in [0.25, 0.3) is 0 Å². The van der Waals surface area contributed by atoms with Crippen LogP contribution in [0.15, 0.2) is 71.8 Å². The number of benzene rings is 2. The van der Waals surface area contributed by atoms with Crippen molar-refractivity contribution in [1.29, 1.82) is 0 Å². The van der Waals surface area contributed by atoms with Crippen molar-refractivity contribution >= 4 is 27.5 Å². The van der Waals surface area contributed by atoms with Gasteiger partial charge in [-0.2, -0.15) is 5.10 Å². The van der Waals surface area contributed by atoms with Crippen molar-refractivity contribution in [2.24, 2.45) is 7.05 Å². The summed E-state index contributed by atoms with van der Waals surface area (Å²) in [6, 6.07) is 13.6. The summed E-state index contributed by atoms with van der Waals surface area (Å²) >= 11 is 0. The van der Waals surface area contributed by atoms with E-state index in [0.717, 1.165) is 33.0 Å². The molecular formula is C22H16N4O2. The first kappa shape index (κ1) is 16.4. The van der Waals surface area contributed by atoms with Crippen LogP contribution >= 0.6 is 0 Å². The predicted octanol–water partition coefficient (Wildman–Crippen LogP) is 4.20. The van der Waals surface area contributed by atoms with Gasteiger partial charge in [0.15, 0.2) is 11.4 Å². The minimum absolute atomic E-state index is 0.0439. The largest absolute Gasteiger partial charge is 0.356 e. The summed E-state index contributed by atoms with van der Waals surface area (Å²) in [7, 11) is 1.90. The van der Waals surface area contributed by atoms with E-state index in [1.165, 1.54) is 0 Å². The lowest BCUT2D eigenvalue weighted by Gasteiger charge is -2.05. The van der Waals surface area contributed by atoms with Gasteiger partial charge >= 0.3 is 0 Å². The Morgan fingerprint density at radius 1 is 1.00 bits per heavy atom. The van der Waals surface area contributed by atoms with Crippen LogP contribution in [0.2, 0.25) is 0 Å². The Morgan fingerprint density at radius 2 is 1.93 bits per heavy atom. The minimum atomic E-state index is -0.0439. The van der Waals surface area contributed by atoms with E-state index in [0.29, 0.717) is 11.1 Å². The van der Waals surface area contributed by atoms with Crippen molar-refractivity contribution in [2.45, 2.75) is 6.42 Å². The first-order valence-electron chi connectivity index (χ1n) is 8.92. The fraction of sp³-hybridized carbons (Fsp3) is 0.0909. The standard InChI is InChI=1S/C22H16N4O2/c1-26-13-18(11-24-26)14-5-6-15-10-23-19(8-17(15)7-14)9-21(27)20-4-2-3-16-12-25-28-22(16)20/h2-8,10-13H,9H2,1H3. The van der Waals surface area contributed by atoms with Crippen LogP contribution in [0.25, 0.3) is 32.9 Å². The molecule has 0 aliphatic rings. The first-order chi connectivity index (χ1) is 13.7. The molecule has 28 heavy (non-hydrogen) atoms. The maximum Gasteiger partial charge on any atom is 0.177 e. The molecule has 0 spiro atoms. The van der Waals surface area contributed by atoms with Crippen molar-refractivity contribution < 1.29 is 9.32 Å². The number of ketones is 1. The third-order valence-corrected chi connectivity index (χ3v) is 4.84. The molecule has 5 rings (SSSR count). The second kappa shape index (κ2) is 6.42. The van der Waals surface area contributed by atoms with Gasteiger partial charge in [0.05, 0.1) is 24.4 Å². The fourth-order valence-corrected chi connectivity index (χ4v) is 3.41. The molecule has 136 valence electrons. The molecule has 0 radical (unpaired) electrons. The zero-order valence-electron chi connectivity index (χ0n) is 15.2. The zero-order valence-corrected chi connectivity index (χ0v) is 15.2. The topological polar surface area (TPSA) is 73.8 Å². The molecule has 0 fully saturated rings. The van der Waals surface area contributed by atoms with Gasteiger partial charge in [0.1, 0.15) is 0 Å². The van der Waals surface area contributed by atoms with Crippen molar-refractivity contribution in [3.63, 3.8) is 0 Å². The van der Waals surface area contributed by atoms with E-state index in [1.54, 1.807) is 23.1 Å². The van der Waals surface area contributed by atoms with Gasteiger partial charge in [-0.3, -0.25) is 14.5 Å². The van der Waals surface area contributed by atoms with Crippen molar-refractivity contribution in [2.75, 3.05) is 0 Å². The number of aryl methyl sites for hydroxylation is 1. The molecule has 3 aromatic heterocycles. The Kier molecular flexibility index (Phi) is 3.76. The number of fused-ring (bicyclic) bond motifs is 2. The van der Waals surface area contributed by atoms with Crippen molar-refractivity contribution in [3.8, 4) is 11.1 Å². The van der Waals surface area contributed by atoms with Crippen LogP contribution < -0.4 is 0 Å². The fourth-order valence-electron chi connectivity index (χ4n) is 3.41. The van der Waals surface area contributed by atoms with Gasteiger partial charge < -0.3 is 4.52 Å². The molecule has 6 heteroatoms. The Labute approximate surface area is 160 Å². The molecule has 0 aliphatic heterocycles. The van der Waals surface area contributed by atoms with Crippen molar-refractivity contribution in [1.82, 2.24) is 19.9 Å². The summed E-state index contributed by atoms with van der Waals surface area (Å²) in [5, 5.41) is 10.9. The quantitative estimate of drug-likeness (QED) is 0.445. The normalized spacial score (nSPS) is 11.3. The van der Waals surface area contributed by atoms with E-state index in [2.05, 4.69) is 27.4 Å². The molecule has 2 aromatic carbocycles. The maximum absolute atomic E-state index is 12.8. The van der Waals surface area contributed by atoms with Crippen LogP contribution in [0.3, 0.4) is 0 Å². The van der Waals surface area contributed by atoms with Gasteiger partial charge in [-0.15, -0.1) is 0 Å². The van der Waals surface area contributed by atoms with Crippen LogP contribution in [0.4, 0.5) is 0 Å². The summed E-state index contributed by atoms with van der Waals surface area (Å²) in [6.45, 7) is 0. The molecule has 0 saturated carbocycles. The summed E-state index contributed by atoms with van der Waals surface area (Å²) in [5.41, 5.74) is 3.90. The highest BCUT2D eigenvalue weighted by Crippen LogP contribution is 2.25. The molecule has 5 aromatic rings. The average Bonchev–Trinajstić information content (AvgIpc) is 3.36. The number of carbonyl (C=O) groups is 1. The minimum Gasteiger partial charge on any atom is -0.356 e. The number of aromatic nitrogens is 4. The zero-order chi connectivity index (χ0) is 19.1. The molecule has 0 atom stereocenters. The molecule has 0 bridgehead atoms. The highest BCUT2D eigenvalue weighted by molar-refractivity contribution is 6.06. The van der Waals surface area contributed by atoms with E-state index in [9.17, 15) is 4.79 Å². The third kappa shape index (κ3) is 2.85. The molecule has 0 saturated heterocycles. The van der Waals surface area contributed by atoms with E-state index < -0.39 is 0 Å². The molecule has 3 heterocycles. The SMILES string of the molecule is Cn1cc(-c2ccc3cnc(CC(=O)c4cccc5cnoc45)cc3c2)cn1. The number of hydrogen-bond donors (Lipinski definition) is 0. The van der Waals surface area contributed by atoms with E-state index in [-0.39, 0.29) is 12.2 Å². The van der Waals surface area contributed by atoms with Gasteiger partial charge in [0.2, 0.25) is 0 Å². The predicted molar refractivity (Wildman–Crippen MR) is 106 cm³/mol. The average molecular weight is 368 g/mol. The van der Waals surface area contributed by atoms with Gasteiger partial charge in [0, 0.05) is 41.5 Å². The monoisotopic (exact) mass is 368 g/mol. The van der Waals surface area contributed by atoms with E-state index >= 15 is 0 Å². The lowest BCUT2D eigenvalue weighted by Crippen LogP contribution is -2.05. The molecule has 6 nitrogen and oxygen atoms in total. The highest BCUT2D eigenvalue weighted by atomic mass is 16.5. The second-order valence-electron chi connectivity index (χ2n) is 6.79. The van der Waals surface area contributed by atoms with Gasteiger partial charge in [-0.25, -0.2) is 0 Å². The van der Waals surface area contributed by atoms with Crippen molar-refractivity contribution in [3.05, 3.63) is 78.5 Å². The van der Waals surface area contributed by atoms with E-state index in [4.69, 9.17) is 4.52 Å². The Balaban J connectivity index is 1.49. The summed E-state index contributed by atoms with van der Waals surface area (Å²) in [5.74, 6) is -0.0439. The molecule has 0 N–H and O–H groups in total. The third-order valence-electron chi connectivity index (χ3n) is 4.84. The van der Waals surface area contributed by atoms with Crippen LogP contribution in [0, 0.1) is 0 Å². The number of rotatable bonds is 4. The Morgan fingerprint density at radius 3 is 2.79 bits per heavy atom. The van der Waals surface area contributed by atoms with E-state index in [1.807, 2.05) is 43.7 Å². The second-order valence-corrected chi connectivity index (χ2v) is 6.79. The highest BCUT2D eigenvalue weighted by Gasteiger charge is 2.15.